The van der Waals surface area contributed by atoms with Crippen LogP contribution in [0.15, 0.2) is 88.3 Å². The Kier molecular flexibility index (Phi) is 10.6. The number of likely N-dealkylation sites (N-methyl/N-ethyl adjacent to an activating group) is 1. The van der Waals surface area contributed by atoms with Crippen molar-refractivity contribution in [3.63, 3.8) is 0 Å². The van der Waals surface area contributed by atoms with E-state index in [0.717, 1.165) is 11.1 Å². The van der Waals surface area contributed by atoms with Crippen LogP contribution in [-0.2, 0) is 32.6 Å². The van der Waals surface area contributed by atoms with Crippen LogP contribution in [0, 0.1) is 19.8 Å². The average molecular weight is 617 g/mol. The molecule has 0 saturated heterocycles. The summed E-state index contributed by atoms with van der Waals surface area (Å²) in [6, 6.07) is 23.3. The Morgan fingerprint density at radius 3 is 2.18 bits per heavy atom. The minimum absolute atomic E-state index is 0.0992. The Hall–Kier alpha value is -4.44. The van der Waals surface area contributed by atoms with Gasteiger partial charge in [0.1, 0.15) is 11.8 Å². The number of hydrogen-bond acceptors (Lipinski definition) is 6. The molecule has 1 aromatic heterocycles. The van der Waals surface area contributed by atoms with Gasteiger partial charge in [-0.2, -0.15) is 0 Å². The van der Waals surface area contributed by atoms with E-state index in [2.05, 4.69) is 15.2 Å². The molecule has 0 unspecified atom stereocenters. The molecule has 4 rings (SSSR count). The molecule has 0 bridgehead atoms. The molecule has 44 heavy (non-hydrogen) atoms. The molecule has 3 aromatic carbocycles. The van der Waals surface area contributed by atoms with Gasteiger partial charge in [0.2, 0.25) is 11.8 Å². The number of nitrogens with zero attached hydrogens (tertiary/aromatic N) is 2. The highest BCUT2D eigenvalue weighted by atomic mass is 32.2. The number of nitrogens with one attached hydrogen (secondary N) is 2. The zero-order valence-corrected chi connectivity index (χ0v) is 26.6. The zero-order valence-electron chi connectivity index (χ0n) is 25.8. The summed E-state index contributed by atoms with van der Waals surface area (Å²) in [4.78, 5) is 28.4. The first-order valence-electron chi connectivity index (χ1n) is 14.7. The normalized spacial score (nSPS) is 12.1. The van der Waals surface area contributed by atoms with Gasteiger partial charge in [-0.15, -0.1) is 0 Å². The van der Waals surface area contributed by atoms with Gasteiger partial charge in [0.15, 0.2) is 5.82 Å². The minimum Gasteiger partial charge on any atom is -0.359 e. The Morgan fingerprint density at radius 2 is 1.57 bits per heavy atom. The lowest BCUT2D eigenvalue weighted by Crippen LogP contribution is -2.49. The third-order valence-corrected chi connectivity index (χ3v) is 8.99. The molecule has 1 atom stereocenters. The first-order valence-corrected chi connectivity index (χ1v) is 16.2. The summed E-state index contributed by atoms with van der Waals surface area (Å²) in [5.41, 5.74) is 3.71. The second-order valence-corrected chi connectivity index (χ2v) is 12.9. The van der Waals surface area contributed by atoms with E-state index < -0.39 is 16.1 Å². The zero-order chi connectivity index (χ0) is 31.9. The summed E-state index contributed by atoms with van der Waals surface area (Å²) in [5, 5.41) is 6.57. The van der Waals surface area contributed by atoms with Gasteiger partial charge < -0.3 is 14.7 Å². The van der Waals surface area contributed by atoms with Crippen molar-refractivity contribution in [1.82, 2.24) is 15.4 Å². The average Bonchev–Trinajstić information content (AvgIpc) is 3.33. The van der Waals surface area contributed by atoms with Crippen LogP contribution in [0.2, 0.25) is 0 Å². The third kappa shape index (κ3) is 7.93. The van der Waals surface area contributed by atoms with Crippen LogP contribution in [0.5, 0.6) is 0 Å². The maximum Gasteiger partial charge on any atom is 0.263 e. The monoisotopic (exact) mass is 616 g/mol. The van der Waals surface area contributed by atoms with Crippen molar-refractivity contribution in [2.45, 2.75) is 64.4 Å². The minimum atomic E-state index is -3.98. The molecule has 0 radical (unpaired) electrons. The fourth-order valence-corrected chi connectivity index (χ4v) is 6.31. The van der Waals surface area contributed by atoms with Crippen LogP contribution in [0.1, 0.15) is 49.1 Å². The summed E-state index contributed by atoms with van der Waals surface area (Å²) in [5.74, 6) is 0.574. The van der Waals surface area contributed by atoms with Gasteiger partial charge in [0.05, 0.1) is 4.90 Å². The predicted octanol–water partition coefficient (Wildman–Crippen LogP) is 5.88. The quantitative estimate of drug-likeness (QED) is 0.194. The van der Waals surface area contributed by atoms with E-state index in [1.165, 1.54) is 0 Å². The van der Waals surface area contributed by atoms with Crippen LogP contribution >= 0.6 is 0 Å². The lowest BCUT2D eigenvalue weighted by Gasteiger charge is -2.32. The number of hydrogen-bond donors (Lipinski definition) is 2. The molecule has 0 spiro atoms. The topological polar surface area (TPSA) is 122 Å². The number of anilines is 1. The highest BCUT2D eigenvalue weighted by Gasteiger charge is 2.30. The van der Waals surface area contributed by atoms with E-state index in [9.17, 15) is 18.0 Å². The van der Waals surface area contributed by atoms with Gasteiger partial charge in [-0.25, -0.2) is 8.42 Å². The summed E-state index contributed by atoms with van der Waals surface area (Å²) in [6.45, 7) is 7.75. The van der Waals surface area contributed by atoms with Crippen LogP contribution < -0.4 is 10.0 Å². The lowest BCUT2D eigenvalue weighted by atomic mass is 9.99. The fourth-order valence-electron chi connectivity index (χ4n) is 5.02. The Labute approximate surface area is 259 Å². The molecule has 0 saturated carbocycles. The molecule has 9 nitrogen and oxygen atoms in total. The number of carbonyl (C=O) groups is 2. The van der Waals surface area contributed by atoms with E-state index in [-0.39, 0.29) is 41.4 Å². The van der Waals surface area contributed by atoms with Crippen LogP contribution in [-0.4, -0.2) is 43.4 Å². The van der Waals surface area contributed by atoms with Gasteiger partial charge in [-0.05, 0) is 55.4 Å². The van der Waals surface area contributed by atoms with Gasteiger partial charge >= 0.3 is 0 Å². The maximum atomic E-state index is 13.6. The molecular weight excluding hydrogens is 576 g/mol. The molecule has 0 fully saturated rings. The molecule has 0 aliphatic carbocycles. The van der Waals surface area contributed by atoms with Crippen molar-refractivity contribution < 1.29 is 22.5 Å². The molecule has 1 heterocycles. The molecular formula is C34H40N4O5S. The standard InChI is InChI=1S/C34H40N4O5S/c1-23(2)21-30(34(40)35-5)38(32(39)20-17-26-11-7-6-8-12-26)22-27-15-18-28(19-16-27)29-13-9-10-14-31(29)44(41,42)37-33-24(3)25(4)43-36-33/h6-16,18-19,23,30H,17,20-22H2,1-5H3,(H,35,40)(H,36,37)/t30-/m0/s1. The van der Waals surface area contributed by atoms with Crippen LogP contribution in [0.4, 0.5) is 5.82 Å². The highest BCUT2D eigenvalue weighted by molar-refractivity contribution is 7.92. The molecule has 0 aliphatic heterocycles. The van der Waals surface area contributed by atoms with E-state index in [0.29, 0.717) is 35.3 Å². The van der Waals surface area contributed by atoms with Crippen molar-refractivity contribution in [1.29, 1.82) is 0 Å². The van der Waals surface area contributed by atoms with E-state index in [1.807, 2.05) is 68.4 Å². The SMILES string of the molecule is CNC(=O)[C@H](CC(C)C)N(Cc1ccc(-c2ccccc2S(=O)(=O)Nc2noc(C)c2C)cc1)C(=O)CCc1ccccc1. The molecule has 10 heteroatoms. The number of amides is 2. The maximum absolute atomic E-state index is 13.6. The number of rotatable bonds is 13. The smallest absolute Gasteiger partial charge is 0.263 e. The van der Waals surface area contributed by atoms with Gasteiger partial charge in [0.25, 0.3) is 10.0 Å². The number of aryl methyl sites for hydroxylation is 2. The summed E-state index contributed by atoms with van der Waals surface area (Å²) in [7, 11) is -2.39. The van der Waals surface area contributed by atoms with Crippen molar-refractivity contribution in [3.8, 4) is 11.1 Å². The predicted molar refractivity (Wildman–Crippen MR) is 171 cm³/mol. The molecule has 4 aromatic rings. The lowest BCUT2D eigenvalue weighted by molar-refractivity contribution is -0.141. The van der Waals surface area contributed by atoms with Crippen molar-refractivity contribution >= 4 is 27.7 Å². The van der Waals surface area contributed by atoms with Crippen molar-refractivity contribution in [3.05, 3.63) is 101 Å². The molecule has 2 N–H and O–H groups in total. The van der Waals surface area contributed by atoms with Crippen LogP contribution in [0.25, 0.3) is 11.1 Å². The number of carbonyl (C=O) groups excluding carboxylic acids is 2. The Bertz CT molecular complexity index is 1680. The number of benzene rings is 3. The summed E-state index contributed by atoms with van der Waals surface area (Å²) >= 11 is 0. The number of sulfonamides is 1. The van der Waals surface area contributed by atoms with Crippen molar-refractivity contribution in [2.24, 2.45) is 5.92 Å². The summed E-state index contributed by atoms with van der Waals surface area (Å²) < 4.78 is 34.4. The van der Waals surface area contributed by atoms with Crippen LogP contribution in [0.3, 0.4) is 0 Å². The number of aromatic nitrogens is 1. The molecule has 0 aliphatic rings. The Morgan fingerprint density at radius 1 is 0.909 bits per heavy atom. The molecule has 2 amide bonds. The van der Waals surface area contributed by atoms with Gasteiger partial charge in [-0.1, -0.05) is 91.8 Å². The van der Waals surface area contributed by atoms with Gasteiger partial charge in [0, 0.05) is 31.1 Å². The van der Waals surface area contributed by atoms with E-state index >= 15 is 0 Å². The van der Waals surface area contributed by atoms with Crippen molar-refractivity contribution in [2.75, 3.05) is 11.8 Å². The van der Waals surface area contributed by atoms with E-state index in [4.69, 9.17) is 4.52 Å². The Balaban J connectivity index is 1.60. The summed E-state index contributed by atoms with van der Waals surface area (Å²) in [6.07, 6.45) is 1.37. The second-order valence-electron chi connectivity index (χ2n) is 11.3. The fraction of sp³-hybridized carbons (Fsp3) is 0.324. The first-order chi connectivity index (χ1) is 21.0. The largest absolute Gasteiger partial charge is 0.359 e. The van der Waals surface area contributed by atoms with E-state index in [1.54, 1.807) is 50.1 Å². The first kappa shape index (κ1) is 32.5. The van der Waals surface area contributed by atoms with Gasteiger partial charge in [-0.3, -0.25) is 14.3 Å². The molecule has 232 valence electrons. The highest BCUT2D eigenvalue weighted by Crippen LogP contribution is 2.30. The third-order valence-electron chi connectivity index (χ3n) is 7.59. The second kappa shape index (κ2) is 14.4.